The highest BCUT2D eigenvalue weighted by atomic mass is 16.6. The van der Waals surface area contributed by atoms with Crippen LogP contribution in [0.4, 0.5) is 0 Å². The monoisotopic (exact) mass is 433 g/mol. The number of nitrogens with one attached hydrogen (secondary N) is 2. The average molecular weight is 433 g/mol. The average Bonchev–Trinajstić information content (AvgIpc) is 2.83. The summed E-state index contributed by atoms with van der Waals surface area (Å²) in [7, 11) is 0. The van der Waals surface area contributed by atoms with E-state index in [4.69, 9.17) is 14.2 Å². The summed E-state index contributed by atoms with van der Waals surface area (Å²) in [4.78, 5) is 24.5. The van der Waals surface area contributed by atoms with Gasteiger partial charge in [0.1, 0.15) is 19.0 Å². The van der Waals surface area contributed by atoms with Gasteiger partial charge in [0.15, 0.2) is 11.5 Å². The van der Waals surface area contributed by atoms with Crippen LogP contribution in [0.5, 0.6) is 17.2 Å². The Kier molecular flexibility index (Phi) is 6.50. The SMILES string of the molecule is CCOc1ccc2ccccc2c1/C=N\NC(=O)CNC(=O)c1ccc2c(c1)OCCO2. The fourth-order valence-electron chi connectivity index (χ4n) is 3.35. The normalized spacial score (nSPS) is 12.5. The van der Waals surface area contributed by atoms with E-state index in [0.717, 1.165) is 16.3 Å². The van der Waals surface area contributed by atoms with Gasteiger partial charge >= 0.3 is 0 Å². The first kappa shape index (κ1) is 21.2. The van der Waals surface area contributed by atoms with Gasteiger partial charge in [0.05, 0.1) is 19.4 Å². The van der Waals surface area contributed by atoms with Crippen LogP contribution in [0.2, 0.25) is 0 Å². The van der Waals surface area contributed by atoms with E-state index >= 15 is 0 Å². The van der Waals surface area contributed by atoms with Gasteiger partial charge in [-0.25, -0.2) is 5.43 Å². The van der Waals surface area contributed by atoms with Crippen molar-refractivity contribution < 1.29 is 23.8 Å². The summed E-state index contributed by atoms with van der Waals surface area (Å²) in [5.74, 6) is 0.938. The summed E-state index contributed by atoms with van der Waals surface area (Å²) in [6, 6.07) is 16.6. The molecule has 1 aliphatic heterocycles. The highest BCUT2D eigenvalue weighted by Crippen LogP contribution is 2.30. The second-order valence-corrected chi connectivity index (χ2v) is 6.97. The number of ether oxygens (including phenoxy) is 3. The molecule has 0 aromatic heterocycles. The number of rotatable bonds is 7. The number of hydrogen-bond acceptors (Lipinski definition) is 6. The maximum Gasteiger partial charge on any atom is 0.259 e. The summed E-state index contributed by atoms with van der Waals surface area (Å²) in [5, 5.41) is 8.62. The van der Waals surface area contributed by atoms with E-state index in [1.165, 1.54) is 0 Å². The molecule has 0 fully saturated rings. The van der Waals surface area contributed by atoms with Crippen molar-refractivity contribution in [3.8, 4) is 17.2 Å². The molecule has 0 saturated heterocycles. The lowest BCUT2D eigenvalue weighted by Crippen LogP contribution is -2.35. The quantitative estimate of drug-likeness (QED) is 0.441. The van der Waals surface area contributed by atoms with Gasteiger partial charge < -0.3 is 19.5 Å². The number of amides is 2. The van der Waals surface area contributed by atoms with Crippen LogP contribution in [0.25, 0.3) is 10.8 Å². The topological polar surface area (TPSA) is 98.2 Å². The van der Waals surface area contributed by atoms with Crippen LogP contribution < -0.4 is 25.0 Å². The zero-order chi connectivity index (χ0) is 22.3. The highest BCUT2D eigenvalue weighted by molar-refractivity contribution is 6.03. The van der Waals surface area contributed by atoms with Crippen LogP contribution in [0.3, 0.4) is 0 Å². The second-order valence-electron chi connectivity index (χ2n) is 6.97. The molecule has 32 heavy (non-hydrogen) atoms. The number of nitrogens with zero attached hydrogens (tertiary/aromatic N) is 1. The number of carbonyl (C=O) groups is 2. The van der Waals surface area contributed by atoms with Gasteiger partial charge in [-0.05, 0) is 42.0 Å². The summed E-state index contributed by atoms with van der Waals surface area (Å²) >= 11 is 0. The van der Waals surface area contributed by atoms with E-state index in [2.05, 4.69) is 15.8 Å². The lowest BCUT2D eigenvalue weighted by atomic mass is 10.0. The Morgan fingerprint density at radius 2 is 1.88 bits per heavy atom. The third-order valence-corrected chi connectivity index (χ3v) is 4.83. The van der Waals surface area contributed by atoms with Crippen molar-refractivity contribution in [2.75, 3.05) is 26.4 Å². The molecule has 0 saturated carbocycles. The number of hydrogen-bond donors (Lipinski definition) is 2. The van der Waals surface area contributed by atoms with E-state index in [-0.39, 0.29) is 6.54 Å². The van der Waals surface area contributed by atoms with Crippen molar-refractivity contribution in [1.82, 2.24) is 10.7 Å². The van der Waals surface area contributed by atoms with E-state index in [9.17, 15) is 9.59 Å². The zero-order valence-electron chi connectivity index (χ0n) is 17.6. The second kappa shape index (κ2) is 9.82. The van der Waals surface area contributed by atoms with Crippen molar-refractivity contribution >= 4 is 28.8 Å². The van der Waals surface area contributed by atoms with Crippen molar-refractivity contribution in [2.45, 2.75) is 6.92 Å². The largest absolute Gasteiger partial charge is 0.493 e. The third kappa shape index (κ3) is 4.80. The van der Waals surface area contributed by atoms with Gasteiger partial charge in [-0.15, -0.1) is 0 Å². The van der Waals surface area contributed by atoms with E-state index in [1.807, 2.05) is 43.3 Å². The van der Waals surface area contributed by atoms with E-state index in [0.29, 0.717) is 42.6 Å². The lowest BCUT2D eigenvalue weighted by Gasteiger charge is -2.18. The van der Waals surface area contributed by atoms with Gasteiger partial charge in [-0.1, -0.05) is 30.3 Å². The van der Waals surface area contributed by atoms with Gasteiger partial charge in [-0.2, -0.15) is 5.10 Å². The van der Waals surface area contributed by atoms with Gasteiger partial charge in [0, 0.05) is 11.1 Å². The maximum absolute atomic E-state index is 12.4. The molecule has 0 radical (unpaired) electrons. The minimum absolute atomic E-state index is 0.224. The molecule has 1 heterocycles. The van der Waals surface area contributed by atoms with Crippen LogP contribution in [0.15, 0.2) is 59.7 Å². The molecule has 2 amide bonds. The smallest absolute Gasteiger partial charge is 0.259 e. The Morgan fingerprint density at radius 3 is 2.72 bits per heavy atom. The van der Waals surface area contributed by atoms with E-state index < -0.39 is 11.8 Å². The Hall–Kier alpha value is -4.07. The summed E-state index contributed by atoms with van der Waals surface area (Å²) in [5.41, 5.74) is 3.58. The predicted molar refractivity (Wildman–Crippen MR) is 121 cm³/mol. The van der Waals surface area contributed by atoms with Gasteiger partial charge in [-0.3, -0.25) is 9.59 Å². The maximum atomic E-state index is 12.4. The molecule has 0 bridgehead atoms. The first-order valence-corrected chi connectivity index (χ1v) is 10.3. The molecule has 3 aromatic rings. The Bertz CT molecular complexity index is 1180. The number of carbonyl (C=O) groups excluding carboxylic acids is 2. The molecule has 164 valence electrons. The summed E-state index contributed by atoms with van der Waals surface area (Å²) < 4.78 is 16.6. The van der Waals surface area contributed by atoms with Crippen molar-refractivity contribution in [1.29, 1.82) is 0 Å². The number of benzene rings is 3. The summed E-state index contributed by atoms with van der Waals surface area (Å²) in [6.07, 6.45) is 1.55. The molecule has 1 aliphatic rings. The molecule has 0 atom stereocenters. The minimum Gasteiger partial charge on any atom is -0.493 e. The van der Waals surface area contributed by atoms with Gasteiger partial charge in [0.25, 0.3) is 11.8 Å². The predicted octanol–water partition coefficient (Wildman–Crippen LogP) is 2.89. The van der Waals surface area contributed by atoms with E-state index in [1.54, 1.807) is 24.4 Å². The van der Waals surface area contributed by atoms with Crippen LogP contribution in [0.1, 0.15) is 22.8 Å². The van der Waals surface area contributed by atoms with Crippen molar-refractivity contribution in [2.24, 2.45) is 5.10 Å². The first-order valence-electron chi connectivity index (χ1n) is 10.3. The lowest BCUT2D eigenvalue weighted by molar-refractivity contribution is -0.120. The summed E-state index contributed by atoms with van der Waals surface area (Å²) in [6.45, 7) is 3.10. The Morgan fingerprint density at radius 1 is 1.06 bits per heavy atom. The van der Waals surface area contributed by atoms with Crippen molar-refractivity contribution in [3.63, 3.8) is 0 Å². The van der Waals surface area contributed by atoms with Gasteiger partial charge in [0.2, 0.25) is 0 Å². The minimum atomic E-state index is -0.453. The fourth-order valence-corrected chi connectivity index (χ4v) is 3.35. The fraction of sp³-hybridized carbons (Fsp3) is 0.208. The Balaban J connectivity index is 1.37. The molecule has 4 rings (SSSR count). The molecule has 3 aromatic carbocycles. The molecular weight excluding hydrogens is 410 g/mol. The molecule has 8 nitrogen and oxygen atoms in total. The van der Waals surface area contributed by atoms with Crippen molar-refractivity contribution in [3.05, 3.63) is 65.7 Å². The molecule has 0 spiro atoms. The zero-order valence-corrected chi connectivity index (χ0v) is 17.6. The molecule has 2 N–H and O–H groups in total. The van der Waals surface area contributed by atoms with Crippen LogP contribution in [-0.4, -0.2) is 44.4 Å². The first-order chi connectivity index (χ1) is 15.7. The molecule has 8 heteroatoms. The highest BCUT2D eigenvalue weighted by Gasteiger charge is 2.15. The Labute approximate surface area is 185 Å². The molecule has 0 unspecified atom stereocenters. The molecule has 0 aliphatic carbocycles. The number of hydrazone groups is 1. The molecular formula is C24H23N3O5. The van der Waals surface area contributed by atoms with Crippen LogP contribution in [0, 0.1) is 0 Å². The van der Waals surface area contributed by atoms with Crippen LogP contribution >= 0.6 is 0 Å². The van der Waals surface area contributed by atoms with Crippen LogP contribution in [-0.2, 0) is 4.79 Å². The third-order valence-electron chi connectivity index (χ3n) is 4.83. The number of fused-ring (bicyclic) bond motifs is 2. The standard InChI is InChI=1S/C24H23N3O5/c1-2-30-20-9-7-16-5-3-4-6-18(16)19(20)14-26-27-23(28)15-25-24(29)17-8-10-21-22(13-17)32-12-11-31-21/h3-10,13-14H,2,11-12,15H2,1H3,(H,25,29)(H,27,28)/b26-14-.